The summed E-state index contributed by atoms with van der Waals surface area (Å²) >= 11 is 2.17. The largest absolute Gasteiger partial charge is 0.490 e. The number of hydrogen-bond acceptors (Lipinski definition) is 9. The van der Waals surface area contributed by atoms with Crippen LogP contribution in [-0.2, 0) is 19.1 Å². The highest BCUT2D eigenvalue weighted by atomic mass is 32.2. The Hall–Kier alpha value is -3.68. The molecular weight excluding hydrogens is 573 g/mol. The number of carbonyl (C=O) groups excluding carboxylic acids is 3. The van der Waals surface area contributed by atoms with E-state index in [-0.39, 0.29) is 23.1 Å². The lowest BCUT2D eigenvalue weighted by atomic mass is 9.83. The molecule has 2 fully saturated rings. The molecule has 2 aromatic carbocycles. The lowest BCUT2D eigenvalue weighted by Gasteiger charge is -2.30. The van der Waals surface area contributed by atoms with Crippen molar-refractivity contribution in [3.63, 3.8) is 0 Å². The van der Waals surface area contributed by atoms with Gasteiger partial charge in [0, 0.05) is 23.9 Å². The molecule has 3 amide bonds. The van der Waals surface area contributed by atoms with E-state index in [1.54, 1.807) is 23.1 Å². The maximum Gasteiger partial charge on any atom is 0.305 e. The average molecular weight is 600 g/mol. The molecule has 3 aliphatic rings. The Morgan fingerprint density at radius 2 is 1.80 bits per heavy atom. The number of H-pyrrole nitrogens is 1. The Balaban J connectivity index is 1.34. The number of rotatable bonds is 7. The van der Waals surface area contributed by atoms with E-state index in [0.29, 0.717) is 59.9 Å². The van der Waals surface area contributed by atoms with Gasteiger partial charge in [0.25, 0.3) is 5.91 Å². The van der Waals surface area contributed by atoms with Crippen LogP contribution in [0.2, 0.25) is 0 Å². The first-order valence-corrected chi connectivity index (χ1v) is 14.8. The van der Waals surface area contributed by atoms with Gasteiger partial charge in [-0.05, 0) is 48.9 Å². The summed E-state index contributed by atoms with van der Waals surface area (Å²) in [5.74, 6) is -2.17. The second-order valence-corrected chi connectivity index (χ2v) is 11.8. The van der Waals surface area contributed by atoms with Crippen molar-refractivity contribution in [2.24, 2.45) is 5.92 Å². The second-order valence-electron chi connectivity index (χ2n) is 9.66. The molecule has 0 spiro atoms. The first-order valence-electron chi connectivity index (χ1n) is 13.1. The number of thioether (sulfide) groups is 1. The standard InChI is InChI=1S/C28H26FN3O7S2/c1-2-38-19-13-15(3-8-18(19)39-14-20(33)31-9-11-37-12-10-31)21-22-24(40-25-23(21)41-28(36)30-25)27(35)32(26(22)34)17-6-4-16(29)5-7-17/h3-8,13,21-22,24H,2,9-12,14H2,1H3,(H,30,36)/t21-,22-,24+/m0/s1. The van der Waals surface area contributed by atoms with Gasteiger partial charge in [-0.1, -0.05) is 29.2 Å². The van der Waals surface area contributed by atoms with Crippen LogP contribution in [0.25, 0.3) is 0 Å². The summed E-state index contributed by atoms with van der Waals surface area (Å²) in [5.41, 5.74) is 0.949. The zero-order chi connectivity index (χ0) is 28.7. The Kier molecular flexibility index (Phi) is 7.58. The van der Waals surface area contributed by atoms with Crippen LogP contribution in [0, 0.1) is 11.7 Å². The topological polar surface area (TPSA) is 118 Å². The van der Waals surface area contributed by atoms with Crippen LogP contribution >= 0.6 is 23.1 Å². The van der Waals surface area contributed by atoms with Gasteiger partial charge in [0.05, 0.1) is 36.5 Å². The lowest BCUT2D eigenvalue weighted by Crippen LogP contribution is -2.43. The second kappa shape index (κ2) is 11.3. The van der Waals surface area contributed by atoms with E-state index in [1.165, 1.54) is 24.3 Å². The van der Waals surface area contributed by atoms with Gasteiger partial charge in [0.15, 0.2) is 18.1 Å². The third-order valence-corrected chi connectivity index (χ3v) is 9.65. The molecule has 0 bridgehead atoms. The predicted molar refractivity (Wildman–Crippen MR) is 149 cm³/mol. The highest BCUT2D eigenvalue weighted by Gasteiger charge is 2.56. The number of hydrogen-bond donors (Lipinski definition) is 1. The van der Waals surface area contributed by atoms with E-state index in [0.717, 1.165) is 28.0 Å². The molecule has 1 N–H and O–H groups in total. The molecule has 41 heavy (non-hydrogen) atoms. The number of aromatic nitrogens is 1. The predicted octanol–water partition coefficient (Wildman–Crippen LogP) is 3.01. The fourth-order valence-corrected chi connectivity index (χ4v) is 7.89. The summed E-state index contributed by atoms with van der Waals surface area (Å²) in [6, 6.07) is 10.4. The third kappa shape index (κ3) is 5.13. The summed E-state index contributed by atoms with van der Waals surface area (Å²) in [6.45, 7) is 3.95. The summed E-state index contributed by atoms with van der Waals surface area (Å²) < 4.78 is 30.6. The van der Waals surface area contributed by atoms with Gasteiger partial charge in [0.1, 0.15) is 11.1 Å². The number of ether oxygens (including phenoxy) is 3. The number of imide groups is 1. The maximum absolute atomic E-state index is 13.8. The number of halogens is 1. The van der Waals surface area contributed by atoms with Crippen molar-refractivity contribution in [2.75, 3.05) is 44.4 Å². The minimum absolute atomic E-state index is 0.162. The summed E-state index contributed by atoms with van der Waals surface area (Å²) in [5, 5.41) is -0.240. The van der Waals surface area contributed by atoms with E-state index in [2.05, 4.69) is 4.98 Å². The highest BCUT2D eigenvalue weighted by molar-refractivity contribution is 8.00. The van der Waals surface area contributed by atoms with Crippen LogP contribution in [0.3, 0.4) is 0 Å². The van der Waals surface area contributed by atoms with Gasteiger partial charge in [-0.3, -0.25) is 19.2 Å². The normalized spacial score (nSPS) is 22.0. The molecule has 6 rings (SSSR count). The van der Waals surface area contributed by atoms with Gasteiger partial charge >= 0.3 is 4.87 Å². The fraction of sp³-hybridized carbons (Fsp3) is 0.357. The summed E-state index contributed by atoms with van der Waals surface area (Å²) in [4.78, 5) is 58.4. The number of nitrogens with zero attached hydrogens (tertiary/aromatic N) is 2. The molecule has 0 aliphatic carbocycles. The number of benzene rings is 2. The molecule has 0 saturated carbocycles. The van der Waals surface area contributed by atoms with Crippen LogP contribution in [0.4, 0.5) is 10.1 Å². The van der Waals surface area contributed by atoms with Gasteiger partial charge < -0.3 is 24.1 Å². The highest BCUT2D eigenvalue weighted by Crippen LogP contribution is 2.53. The van der Waals surface area contributed by atoms with Crippen molar-refractivity contribution in [1.82, 2.24) is 9.88 Å². The Morgan fingerprint density at radius 1 is 1.05 bits per heavy atom. The van der Waals surface area contributed by atoms with Crippen molar-refractivity contribution in [3.8, 4) is 11.5 Å². The van der Waals surface area contributed by atoms with Crippen LogP contribution in [-0.4, -0.2) is 72.4 Å². The molecule has 2 saturated heterocycles. The van der Waals surface area contributed by atoms with Crippen molar-refractivity contribution in [3.05, 3.63) is 68.4 Å². The molecule has 3 atom stereocenters. The molecule has 3 aliphatic heterocycles. The van der Waals surface area contributed by atoms with Crippen molar-refractivity contribution < 1.29 is 33.0 Å². The quantitative estimate of drug-likeness (QED) is 0.412. The number of carbonyl (C=O) groups is 3. The SMILES string of the molecule is CCOc1cc([C@@H]2c3sc(=O)[nH]c3S[C@H]3C(=O)N(c4ccc(F)cc4)C(=O)[C@@H]23)ccc1OCC(=O)N1CCOCC1. The molecule has 214 valence electrons. The van der Waals surface area contributed by atoms with Gasteiger partial charge in [0.2, 0.25) is 11.8 Å². The lowest BCUT2D eigenvalue weighted by molar-refractivity contribution is -0.137. The van der Waals surface area contributed by atoms with E-state index in [9.17, 15) is 23.6 Å². The number of fused-ring (bicyclic) bond motifs is 2. The van der Waals surface area contributed by atoms with E-state index >= 15 is 0 Å². The molecule has 0 unspecified atom stereocenters. The molecule has 10 nitrogen and oxygen atoms in total. The Labute approximate surface area is 242 Å². The first kappa shape index (κ1) is 27.5. The minimum atomic E-state index is -0.805. The molecule has 1 aromatic heterocycles. The van der Waals surface area contributed by atoms with Gasteiger partial charge in [-0.15, -0.1) is 0 Å². The molecular formula is C28H26FN3O7S2. The number of nitrogens with one attached hydrogen (secondary N) is 1. The summed E-state index contributed by atoms with van der Waals surface area (Å²) in [7, 11) is 0. The third-order valence-electron chi connectivity index (χ3n) is 7.25. The maximum atomic E-state index is 13.8. The number of anilines is 1. The van der Waals surface area contributed by atoms with Crippen molar-refractivity contribution >= 4 is 46.5 Å². The minimum Gasteiger partial charge on any atom is -0.490 e. The van der Waals surface area contributed by atoms with Crippen molar-refractivity contribution in [2.45, 2.75) is 23.1 Å². The molecule has 3 aromatic rings. The van der Waals surface area contributed by atoms with E-state index in [1.807, 2.05) is 6.92 Å². The molecule has 4 heterocycles. The van der Waals surface area contributed by atoms with Gasteiger partial charge in [-0.25, -0.2) is 9.29 Å². The molecule has 13 heteroatoms. The van der Waals surface area contributed by atoms with Gasteiger partial charge in [-0.2, -0.15) is 0 Å². The van der Waals surface area contributed by atoms with Crippen LogP contribution in [0.1, 0.15) is 23.3 Å². The van der Waals surface area contributed by atoms with Crippen molar-refractivity contribution in [1.29, 1.82) is 0 Å². The Bertz CT molecular complexity index is 1550. The van der Waals surface area contributed by atoms with Crippen LogP contribution in [0.5, 0.6) is 11.5 Å². The zero-order valence-corrected chi connectivity index (χ0v) is 23.6. The zero-order valence-electron chi connectivity index (χ0n) is 22.0. The number of amides is 3. The van der Waals surface area contributed by atoms with Crippen LogP contribution < -0.4 is 19.2 Å². The monoisotopic (exact) mass is 599 g/mol. The Morgan fingerprint density at radius 3 is 2.54 bits per heavy atom. The summed E-state index contributed by atoms with van der Waals surface area (Å²) in [6.07, 6.45) is 0. The number of thiazole rings is 1. The number of morpholine rings is 1. The number of aromatic amines is 1. The molecule has 0 radical (unpaired) electrons. The first-order chi connectivity index (χ1) is 19.9. The average Bonchev–Trinajstić information content (AvgIpc) is 3.47. The van der Waals surface area contributed by atoms with E-state index in [4.69, 9.17) is 14.2 Å². The van der Waals surface area contributed by atoms with Crippen LogP contribution in [0.15, 0.2) is 52.3 Å². The fourth-order valence-electron chi connectivity index (χ4n) is 5.37. The van der Waals surface area contributed by atoms with E-state index < -0.39 is 34.7 Å². The smallest absolute Gasteiger partial charge is 0.305 e.